The van der Waals surface area contributed by atoms with Crippen molar-refractivity contribution in [2.45, 2.75) is 0 Å². The van der Waals surface area contributed by atoms with Crippen molar-refractivity contribution in [3.8, 4) is 11.5 Å². The van der Waals surface area contributed by atoms with Crippen LogP contribution in [0.15, 0.2) is 48.7 Å². The number of hydrogen-bond acceptors (Lipinski definition) is 4. The Balaban J connectivity index is 2.09. The van der Waals surface area contributed by atoms with Gasteiger partial charge in [-0.05, 0) is 36.4 Å². The van der Waals surface area contributed by atoms with Crippen molar-refractivity contribution >= 4 is 23.1 Å². The summed E-state index contributed by atoms with van der Waals surface area (Å²) in [6.07, 6.45) is 2.79. The molecule has 0 saturated carbocycles. The fraction of sp³-hybridized carbons (Fsp3) is 0.118. The number of ether oxygens (including phenoxy) is 2. The monoisotopic (exact) mass is 335 g/mol. The van der Waals surface area contributed by atoms with Gasteiger partial charge in [0.05, 0.1) is 24.9 Å². The lowest BCUT2D eigenvalue weighted by atomic mass is 10.1. The number of carbonyl (C=O) groups is 1. The Kier molecular flexibility index (Phi) is 5.60. The largest absolute Gasteiger partial charge is 0.493 e. The number of hydrogen-bond donors (Lipinski definition) is 1. The van der Waals surface area contributed by atoms with Crippen LogP contribution in [0.5, 0.6) is 11.5 Å². The van der Waals surface area contributed by atoms with E-state index in [4.69, 9.17) is 21.1 Å². The van der Waals surface area contributed by atoms with Gasteiger partial charge in [0, 0.05) is 17.8 Å². The normalized spacial score (nSPS) is 10.6. The van der Waals surface area contributed by atoms with E-state index in [1.54, 1.807) is 18.2 Å². The highest BCUT2D eigenvalue weighted by atomic mass is 35.5. The fourth-order valence-corrected chi connectivity index (χ4v) is 2.12. The molecule has 120 valence electrons. The third-order valence-corrected chi connectivity index (χ3v) is 3.39. The number of carbonyl (C=O) groups excluding carboxylic acids is 1. The van der Waals surface area contributed by atoms with E-state index in [1.807, 2.05) is 0 Å². The Hall–Kier alpha value is -2.53. The van der Waals surface area contributed by atoms with Gasteiger partial charge in [-0.25, -0.2) is 4.39 Å². The summed E-state index contributed by atoms with van der Waals surface area (Å²) in [6.45, 7) is 0. The molecule has 0 aliphatic carbocycles. The number of ketones is 1. The molecule has 4 nitrogen and oxygen atoms in total. The van der Waals surface area contributed by atoms with Crippen LogP contribution in [0.4, 0.5) is 10.1 Å². The van der Waals surface area contributed by atoms with Crippen molar-refractivity contribution in [1.29, 1.82) is 0 Å². The second-order valence-corrected chi connectivity index (χ2v) is 4.94. The highest BCUT2D eigenvalue weighted by Gasteiger charge is 2.08. The molecule has 6 heteroatoms. The van der Waals surface area contributed by atoms with E-state index in [2.05, 4.69) is 5.32 Å². The molecule has 1 N–H and O–H groups in total. The average Bonchev–Trinajstić information content (AvgIpc) is 2.56. The number of allylic oxidation sites excluding steroid dienone is 1. The summed E-state index contributed by atoms with van der Waals surface area (Å²) in [7, 11) is 3.02. The Morgan fingerprint density at radius 2 is 1.87 bits per heavy atom. The molecule has 0 atom stereocenters. The number of halogens is 2. The quantitative estimate of drug-likeness (QED) is 0.631. The highest BCUT2D eigenvalue weighted by Crippen LogP contribution is 2.28. The van der Waals surface area contributed by atoms with Crippen LogP contribution in [0.25, 0.3) is 0 Å². The molecule has 0 aliphatic rings. The SMILES string of the molecule is COc1ccc(C(=O)C=CNc2ccc(F)cc2Cl)cc1OC. The first kappa shape index (κ1) is 16.8. The van der Waals surface area contributed by atoms with Crippen LogP contribution >= 0.6 is 11.6 Å². The number of nitrogens with one attached hydrogen (secondary N) is 1. The molecular weight excluding hydrogens is 321 g/mol. The molecular formula is C17H15ClFNO3. The first-order valence-electron chi connectivity index (χ1n) is 6.69. The average molecular weight is 336 g/mol. The van der Waals surface area contributed by atoms with Gasteiger partial charge in [-0.3, -0.25) is 4.79 Å². The molecule has 0 spiro atoms. The lowest BCUT2D eigenvalue weighted by Crippen LogP contribution is -1.99. The minimum atomic E-state index is -0.425. The molecule has 2 rings (SSSR count). The molecule has 23 heavy (non-hydrogen) atoms. The Morgan fingerprint density at radius 3 is 2.52 bits per heavy atom. The third-order valence-electron chi connectivity index (χ3n) is 3.07. The molecule has 0 aliphatic heterocycles. The van der Waals surface area contributed by atoms with Crippen LogP contribution in [0.1, 0.15) is 10.4 Å². The fourth-order valence-electron chi connectivity index (χ4n) is 1.90. The van der Waals surface area contributed by atoms with E-state index in [0.29, 0.717) is 22.7 Å². The molecule has 0 saturated heterocycles. The molecule has 0 aromatic heterocycles. The Labute approximate surface area is 138 Å². The summed E-state index contributed by atoms with van der Waals surface area (Å²) < 4.78 is 23.2. The van der Waals surface area contributed by atoms with E-state index < -0.39 is 5.82 Å². The zero-order valence-corrected chi connectivity index (χ0v) is 13.4. The van der Waals surface area contributed by atoms with Crippen molar-refractivity contribution in [3.05, 3.63) is 65.1 Å². The maximum Gasteiger partial charge on any atom is 0.187 e. The van der Waals surface area contributed by atoms with E-state index >= 15 is 0 Å². The second kappa shape index (κ2) is 7.65. The van der Waals surface area contributed by atoms with Gasteiger partial charge in [0.25, 0.3) is 0 Å². The maximum atomic E-state index is 12.9. The van der Waals surface area contributed by atoms with Gasteiger partial charge in [0.2, 0.25) is 0 Å². The number of methoxy groups -OCH3 is 2. The van der Waals surface area contributed by atoms with Crippen LogP contribution < -0.4 is 14.8 Å². The van der Waals surface area contributed by atoms with Crippen molar-refractivity contribution in [2.75, 3.05) is 19.5 Å². The van der Waals surface area contributed by atoms with Crippen LogP contribution in [0.2, 0.25) is 5.02 Å². The summed E-state index contributed by atoms with van der Waals surface area (Å²) in [5, 5.41) is 3.07. The van der Waals surface area contributed by atoms with Gasteiger partial charge in [-0.2, -0.15) is 0 Å². The Morgan fingerprint density at radius 1 is 1.13 bits per heavy atom. The molecule has 0 unspecified atom stereocenters. The standard InChI is InChI=1S/C17H15ClFNO3/c1-22-16-6-3-11(9-17(16)23-2)15(21)7-8-20-14-5-4-12(19)10-13(14)18/h3-10,20H,1-2H3. The van der Waals surface area contributed by atoms with E-state index in [9.17, 15) is 9.18 Å². The van der Waals surface area contributed by atoms with Gasteiger partial charge in [-0.15, -0.1) is 0 Å². The Bertz CT molecular complexity index is 747. The summed E-state index contributed by atoms with van der Waals surface area (Å²) in [6, 6.07) is 8.84. The molecule has 0 radical (unpaired) electrons. The topological polar surface area (TPSA) is 47.6 Å². The summed E-state index contributed by atoms with van der Waals surface area (Å²) in [4.78, 5) is 12.1. The number of rotatable bonds is 6. The zero-order valence-electron chi connectivity index (χ0n) is 12.6. The van der Waals surface area contributed by atoms with E-state index in [1.165, 1.54) is 44.7 Å². The smallest absolute Gasteiger partial charge is 0.187 e. The molecule has 2 aromatic rings. The van der Waals surface area contributed by atoms with Gasteiger partial charge >= 0.3 is 0 Å². The van der Waals surface area contributed by atoms with Crippen molar-refractivity contribution < 1.29 is 18.7 Å². The maximum absolute atomic E-state index is 12.9. The highest BCUT2D eigenvalue weighted by molar-refractivity contribution is 6.33. The summed E-state index contributed by atoms with van der Waals surface area (Å²) in [5.41, 5.74) is 0.954. The molecule has 0 fully saturated rings. The van der Waals surface area contributed by atoms with Crippen molar-refractivity contribution in [3.63, 3.8) is 0 Å². The van der Waals surface area contributed by atoms with Crippen LogP contribution in [-0.4, -0.2) is 20.0 Å². The molecule has 0 amide bonds. The third kappa shape index (κ3) is 4.23. The number of anilines is 1. The van der Waals surface area contributed by atoms with Gasteiger partial charge in [0.15, 0.2) is 17.3 Å². The predicted molar refractivity (Wildman–Crippen MR) is 88.0 cm³/mol. The lowest BCUT2D eigenvalue weighted by molar-refractivity contribution is 0.104. The summed E-state index contributed by atoms with van der Waals surface area (Å²) >= 11 is 5.88. The van der Waals surface area contributed by atoms with Gasteiger partial charge in [-0.1, -0.05) is 11.6 Å². The minimum absolute atomic E-state index is 0.225. The van der Waals surface area contributed by atoms with Crippen LogP contribution in [-0.2, 0) is 0 Å². The van der Waals surface area contributed by atoms with Crippen molar-refractivity contribution in [2.24, 2.45) is 0 Å². The van der Waals surface area contributed by atoms with E-state index in [-0.39, 0.29) is 10.8 Å². The summed E-state index contributed by atoms with van der Waals surface area (Å²) in [5.74, 6) is 0.369. The zero-order chi connectivity index (χ0) is 16.8. The molecule has 0 bridgehead atoms. The van der Waals surface area contributed by atoms with Crippen LogP contribution in [0.3, 0.4) is 0 Å². The second-order valence-electron chi connectivity index (χ2n) is 4.54. The first-order valence-corrected chi connectivity index (χ1v) is 7.07. The van der Waals surface area contributed by atoms with Crippen LogP contribution in [0, 0.1) is 5.82 Å². The number of benzene rings is 2. The minimum Gasteiger partial charge on any atom is -0.493 e. The van der Waals surface area contributed by atoms with E-state index in [0.717, 1.165) is 0 Å². The predicted octanol–water partition coefficient (Wildman–Crippen LogP) is 4.30. The van der Waals surface area contributed by atoms with Gasteiger partial charge in [0.1, 0.15) is 5.82 Å². The lowest BCUT2D eigenvalue weighted by Gasteiger charge is -2.08. The van der Waals surface area contributed by atoms with Crippen molar-refractivity contribution in [1.82, 2.24) is 0 Å². The molecule has 0 heterocycles. The van der Waals surface area contributed by atoms with Gasteiger partial charge < -0.3 is 14.8 Å². The molecule has 2 aromatic carbocycles. The first-order chi connectivity index (χ1) is 11.0.